The van der Waals surface area contributed by atoms with Crippen LogP contribution in [0.5, 0.6) is 0 Å². The largest absolute Gasteiger partial charge is 0.378 e. The van der Waals surface area contributed by atoms with Crippen molar-refractivity contribution in [1.82, 2.24) is 9.37 Å². The van der Waals surface area contributed by atoms with Crippen molar-refractivity contribution in [2.24, 2.45) is 0 Å². The first-order chi connectivity index (χ1) is 13.9. The van der Waals surface area contributed by atoms with Crippen molar-refractivity contribution < 1.29 is 22.8 Å². The molecule has 1 amide bonds. The molecule has 2 fully saturated rings. The molecule has 0 aromatic heterocycles. The predicted octanol–water partition coefficient (Wildman–Crippen LogP) is 2.23. The summed E-state index contributed by atoms with van der Waals surface area (Å²) >= 11 is 0. The lowest BCUT2D eigenvalue weighted by Crippen LogP contribution is -2.43. The molecule has 0 atom stereocenters. The van der Waals surface area contributed by atoms with Gasteiger partial charge in [-0.1, -0.05) is 23.4 Å². The summed E-state index contributed by atoms with van der Waals surface area (Å²) in [5, 5.41) is 3.04. The predicted molar refractivity (Wildman–Crippen MR) is 110 cm³/mol. The van der Waals surface area contributed by atoms with Gasteiger partial charge >= 0.3 is 0 Å². The Morgan fingerprint density at radius 1 is 1.28 bits per heavy atom. The number of benzene rings is 1. The minimum Gasteiger partial charge on any atom is -0.378 e. The molecule has 8 nitrogen and oxygen atoms in total. The summed E-state index contributed by atoms with van der Waals surface area (Å²) in [5.41, 5.74) is 0.581. The number of rotatable bonds is 8. The highest BCUT2D eigenvalue weighted by Gasteiger charge is 2.32. The molecule has 1 saturated heterocycles. The van der Waals surface area contributed by atoms with E-state index < -0.39 is 10.0 Å². The maximum absolute atomic E-state index is 13.2. The molecule has 0 unspecified atom stereocenters. The minimum atomic E-state index is -3.81. The highest BCUT2D eigenvalue weighted by Crippen LogP contribution is 2.27. The molecule has 0 radical (unpaired) electrons. The van der Waals surface area contributed by atoms with E-state index in [1.165, 1.54) is 0 Å². The van der Waals surface area contributed by atoms with Gasteiger partial charge in [0.1, 0.15) is 0 Å². The van der Waals surface area contributed by atoms with Gasteiger partial charge in [0.05, 0.1) is 30.8 Å². The maximum atomic E-state index is 13.2. The van der Waals surface area contributed by atoms with Crippen molar-refractivity contribution in [3.63, 3.8) is 0 Å². The van der Waals surface area contributed by atoms with Crippen LogP contribution >= 0.6 is 0 Å². The molecule has 1 aliphatic heterocycles. The summed E-state index contributed by atoms with van der Waals surface area (Å²) in [5.74, 6) is -0.0325. The number of hydroxylamine groups is 1. The van der Waals surface area contributed by atoms with Crippen molar-refractivity contribution in [1.29, 1.82) is 0 Å². The van der Waals surface area contributed by atoms with E-state index in [0.29, 0.717) is 32.0 Å². The highest BCUT2D eigenvalue weighted by atomic mass is 32.2. The number of ether oxygens (including phenoxy) is 1. The molecular formula is C20H31N3O5S. The van der Waals surface area contributed by atoms with E-state index in [1.54, 1.807) is 43.0 Å². The number of carbonyl (C=O) groups excluding carboxylic acids is 1. The van der Waals surface area contributed by atoms with E-state index in [2.05, 4.69) is 5.32 Å². The molecule has 0 spiro atoms. The average Bonchev–Trinajstić information content (AvgIpc) is 3.24. The maximum Gasteiger partial charge on any atom is 0.265 e. The van der Waals surface area contributed by atoms with Crippen molar-refractivity contribution in [2.45, 2.75) is 56.6 Å². The van der Waals surface area contributed by atoms with E-state index in [1.807, 2.05) is 0 Å². The van der Waals surface area contributed by atoms with Crippen LogP contribution in [0.25, 0.3) is 0 Å². The molecular weight excluding hydrogens is 394 g/mol. The van der Waals surface area contributed by atoms with Gasteiger partial charge in [-0.2, -0.15) is 0 Å². The van der Waals surface area contributed by atoms with Gasteiger partial charge in [0.15, 0.2) is 0 Å². The number of anilines is 1. The molecule has 0 bridgehead atoms. The number of amides is 1. The molecule has 1 aromatic carbocycles. The zero-order valence-corrected chi connectivity index (χ0v) is 18.0. The fraction of sp³-hybridized carbons (Fsp3) is 0.650. The molecule has 162 valence electrons. The Hall–Kier alpha value is -1.68. The molecule has 29 heavy (non-hydrogen) atoms. The normalized spacial score (nSPS) is 18.6. The summed E-state index contributed by atoms with van der Waals surface area (Å²) < 4.78 is 32.8. The summed E-state index contributed by atoms with van der Waals surface area (Å²) in [7, 11) is -3.81. The van der Waals surface area contributed by atoms with Crippen molar-refractivity contribution in [2.75, 3.05) is 38.2 Å². The van der Waals surface area contributed by atoms with Crippen molar-refractivity contribution in [3.05, 3.63) is 24.3 Å². The Kier molecular flexibility index (Phi) is 7.50. The lowest BCUT2D eigenvalue weighted by molar-refractivity contribution is -0.146. The van der Waals surface area contributed by atoms with Gasteiger partial charge in [0.25, 0.3) is 10.0 Å². The van der Waals surface area contributed by atoms with Crippen LogP contribution < -0.4 is 5.32 Å². The van der Waals surface area contributed by atoms with Crippen LogP contribution in [0.3, 0.4) is 0 Å². The van der Waals surface area contributed by atoms with Crippen molar-refractivity contribution in [3.8, 4) is 0 Å². The molecule has 9 heteroatoms. The third-order valence-electron chi connectivity index (χ3n) is 5.15. The quantitative estimate of drug-likeness (QED) is 0.643. The average molecular weight is 426 g/mol. The first kappa shape index (κ1) is 22.0. The molecule has 1 aromatic rings. The first-order valence-electron chi connectivity index (χ1n) is 10.3. The van der Waals surface area contributed by atoms with Crippen LogP contribution in [0.2, 0.25) is 0 Å². The fourth-order valence-corrected chi connectivity index (χ4v) is 5.09. The third kappa shape index (κ3) is 5.69. The molecule has 1 heterocycles. The molecule has 1 aliphatic carbocycles. The highest BCUT2D eigenvalue weighted by molar-refractivity contribution is 7.89. The number of morpholine rings is 1. The van der Waals surface area contributed by atoms with Gasteiger partial charge in [-0.3, -0.25) is 9.63 Å². The minimum absolute atomic E-state index is 0.0325. The summed E-state index contributed by atoms with van der Waals surface area (Å²) in [4.78, 5) is 20.1. The van der Waals surface area contributed by atoms with Gasteiger partial charge < -0.3 is 15.0 Å². The lowest BCUT2D eigenvalue weighted by atomic mass is 10.3. The van der Waals surface area contributed by atoms with Gasteiger partial charge in [-0.15, -0.1) is 0 Å². The number of hydrogen-bond acceptors (Lipinski definition) is 6. The Balaban J connectivity index is 1.68. The van der Waals surface area contributed by atoms with E-state index in [9.17, 15) is 13.2 Å². The van der Waals surface area contributed by atoms with E-state index in [-0.39, 0.29) is 29.5 Å². The first-order valence-corrected chi connectivity index (χ1v) is 11.7. The molecule has 1 N–H and O–H groups in total. The number of nitrogens with zero attached hydrogens (tertiary/aromatic N) is 2. The van der Waals surface area contributed by atoms with Crippen LogP contribution in [0.4, 0.5) is 5.69 Å². The van der Waals surface area contributed by atoms with Crippen LogP contribution in [0, 0.1) is 0 Å². The Bertz CT molecular complexity index is 787. The number of hydrogen-bond donors (Lipinski definition) is 1. The van der Waals surface area contributed by atoms with Crippen LogP contribution in [-0.2, 0) is 24.4 Å². The molecule has 1 saturated carbocycles. The van der Waals surface area contributed by atoms with Gasteiger partial charge in [0.2, 0.25) is 5.91 Å². The summed E-state index contributed by atoms with van der Waals surface area (Å²) in [6.45, 7) is 5.96. The Morgan fingerprint density at radius 3 is 2.62 bits per heavy atom. The zero-order chi connectivity index (χ0) is 20.9. The number of carbonyl (C=O) groups is 1. The summed E-state index contributed by atoms with van der Waals surface area (Å²) in [6, 6.07) is 6.21. The van der Waals surface area contributed by atoms with Gasteiger partial charge in [0, 0.05) is 24.8 Å². The third-order valence-corrected chi connectivity index (χ3v) is 6.98. The second kappa shape index (κ2) is 9.88. The molecule has 3 rings (SSSR count). The molecule has 2 aliphatic rings. The van der Waals surface area contributed by atoms with E-state index in [4.69, 9.17) is 9.57 Å². The lowest BCUT2D eigenvalue weighted by Gasteiger charge is -2.28. The van der Waals surface area contributed by atoms with Crippen LogP contribution in [-0.4, -0.2) is 68.7 Å². The van der Waals surface area contributed by atoms with Gasteiger partial charge in [-0.05, 0) is 44.9 Å². The topological polar surface area (TPSA) is 88.2 Å². The monoisotopic (exact) mass is 425 g/mol. The number of nitrogens with one attached hydrogen (secondary N) is 1. The second-order valence-corrected chi connectivity index (χ2v) is 9.52. The van der Waals surface area contributed by atoms with Crippen LogP contribution in [0.15, 0.2) is 29.2 Å². The van der Waals surface area contributed by atoms with E-state index >= 15 is 0 Å². The SMILES string of the molecule is CC(C)N(OC1CCCC1)S(=O)(=O)c1cccc(NCC(=O)N2CCOCC2)c1. The van der Waals surface area contributed by atoms with Crippen molar-refractivity contribution >= 4 is 21.6 Å². The smallest absolute Gasteiger partial charge is 0.265 e. The zero-order valence-electron chi connectivity index (χ0n) is 17.2. The van der Waals surface area contributed by atoms with Crippen LogP contribution in [0.1, 0.15) is 39.5 Å². The number of sulfonamides is 1. The van der Waals surface area contributed by atoms with E-state index in [0.717, 1.165) is 30.2 Å². The Morgan fingerprint density at radius 2 is 1.97 bits per heavy atom. The second-order valence-electron chi connectivity index (χ2n) is 7.74. The van der Waals surface area contributed by atoms with Gasteiger partial charge in [-0.25, -0.2) is 8.42 Å². The fourth-order valence-electron chi connectivity index (χ4n) is 3.57. The standard InChI is InChI=1S/C20H31N3O5S/c1-16(2)23(28-18-7-3-4-8-18)29(25,26)19-9-5-6-17(14-19)21-15-20(24)22-10-12-27-13-11-22/h5-6,9,14,16,18,21H,3-4,7-8,10-13,15H2,1-2H3. The Labute approximate surface area is 173 Å². The summed E-state index contributed by atoms with van der Waals surface area (Å²) in [6.07, 6.45) is 3.83.